The summed E-state index contributed by atoms with van der Waals surface area (Å²) in [7, 11) is 1.69. The average Bonchev–Trinajstić information content (AvgIpc) is 3.11. The van der Waals surface area contributed by atoms with Crippen LogP contribution in [0.3, 0.4) is 0 Å². The van der Waals surface area contributed by atoms with Crippen LogP contribution in [0, 0.1) is 6.92 Å². The van der Waals surface area contributed by atoms with Gasteiger partial charge in [-0.1, -0.05) is 17.3 Å². The van der Waals surface area contributed by atoms with Crippen LogP contribution < -0.4 is 0 Å². The summed E-state index contributed by atoms with van der Waals surface area (Å²) < 4.78 is 4.98. The standard InChI is InChI=1S/C18H19N3O4/c1-12-10-13(19-25-12)11-20(2)16(22)8-5-9-21-17(23)14-6-3-4-7-15(14)18(21)24/h3-4,6-7,10H,5,8-9,11H2,1-2H3. The molecule has 0 fully saturated rings. The van der Waals surface area contributed by atoms with Gasteiger partial charge in [0.1, 0.15) is 11.5 Å². The lowest BCUT2D eigenvalue weighted by Gasteiger charge is -2.17. The minimum atomic E-state index is -0.292. The van der Waals surface area contributed by atoms with E-state index in [0.717, 1.165) is 0 Å². The Bertz CT molecular complexity index is 792. The number of carbonyl (C=O) groups is 3. The Kier molecular flexibility index (Phi) is 4.65. The molecule has 0 radical (unpaired) electrons. The fourth-order valence-corrected chi connectivity index (χ4v) is 2.85. The topological polar surface area (TPSA) is 83.7 Å². The molecule has 0 atom stereocenters. The summed E-state index contributed by atoms with van der Waals surface area (Å²) >= 11 is 0. The minimum Gasteiger partial charge on any atom is -0.361 e. The van der Waals surface area contributed by atoms with Gasteiger partial charge in [0.25, 0.3) is 11.8 Å². The molecule has 1 aromatic carbocycles. The van der Waals surface area contributed by atoms with Gasteiger partial charge in [0.15, 0.2) is 0 Å². The largest absolute Gasteiger partial charge is 0.361 e. The molecule has 3 amide bonds. The van der Waals surface area contributed by atoms with Gasteiger partial charge >= 0.3 is 0 Å². The fraction of sp³-hybridized carbons (Fsp3) is 0.333. The van der Waals surface area contributed by atoms with Crippen molar-refractivity contribution in [3.8, 4) is 0 Å². The van der Waals surface area contributed by atoms with Gasteiger partial charge in [-0.3, -0.25) is 19.3 Å². The van der Waals surface area contributed by atoms with E-state index < -0.39 is 0 Å². The molecule has 3 rings (SSSR count). The Morgan fingerprint density at radius 2 is 1.84 bits per heavy atom. The Morgan fingerprint density at radius 3 is 2.40 bits per heavy atom. The van der Waals surface area contributed by atoms with Crippen molar-refractivity contribution in [3.05, 3.63) is 52.9 Å². The normalized spacial score (nSPS) is 13.3. The predicted molar refractivity (Wildman–Crippen MR) is 88.8 cm³/mol. The van der Waals surface area contributed by atoms with E-state index in [1.165, 1.54) is 4.90 Å². The molecule has 1 aliphatic rings. The van der Waals surface area contributed by atoms with E-state index in [-0.39, 0.29) is 30.7 Å². The second kappa shape index (κ2) is 6.88. The number of rotatable bonds is 6. The number of hydrogen-bond donors (Lipinski definition) is 0. The van der Waals surface area contributed by atoms with E-state index in [9.17, 15) is 14.4 Å². The van der Waals surface area contributed by atoms with Crippen molar-refractivity contribution >= 4 is 17.7 Å². The van der Waals surface area contributed by atoms with E-state index in [1.807, 2.05) is 0 Å². The van der Waals surface area contributed by atoms with Gasteiger partial charge in [-0.25, -0.2) is 0 Å². The average molecular weight is 341 g/mol. The first kappa shape index (κ1) is 16.9. The highest BCUT2D eigenvalue weighted by molar-refractivity contribution is 6.21. The third kappa shape index (κ3) is 3.45. The van der Waals surface area contributed by atoms with E-state index >= 15 is 0 Å². The third-order valence-electron chi connectivity index (χ3n) is 4.15. The summed E-state index contributed by atoms with van der Waals surface area (Å²) in [5, 5.41) is 3.86. The second-order valence-electron chi connectivity index (χ2n) is 6.09. The highest BCUT2D eigenvalue weighted by atomic mass is 16.5. The molecule has 0 unspecified atom stereocenters. The molecule has 7 heteroatoms. The van der Waals surface area contributed by atoms with E-state index in [0.29, 0.717) is 35.5 Å². The van der Waals surface area contributed by atoms with Crippen LogP contribution >= 0.6 is 0 Å². The van der Waals surface area contributed by atoms with Crippen LogP contribution in [0.25, 0.3) is 0 Å². The number of aryl methyl sites for hydroxylation is 1. The number of amides is 3. The molecule has 0 N–H and O–H groups in total. The lowest BCUT2D eigenvalue weighted by atomic mass is 10.1. The Balaban J connectivity index is 1.50. The number of nitrogens with zero attached hydrogens (tertiary/aromatic N) is 3. The first-order valence-electron chi connectivity index (χ1n) is 8.08. The van der Waals surface area contributed by atoms with Gasteiger partial charge in [0, 0.05) is 26.1 Å². The lowest BCUT2D eigenvalue weighted by Crippen LogP contribution is -2.32. The number of benzene rings is 1. The zero-order valence-corrected chi connectivity index (χ0v) is 14.2. The number of carbonyl (C=O) groups excluding carboxylic acids is 3. The zero-order chi connectivity index (χ0) is 18.0. The van der Waals surface area contributed by atoms with Crippen LogP contribution in [0.15, 0.2) is 34.9 Å². The Labute approximate surface area is 145 Å². The minimum absolute atomic E-state index is 0.0720. The zero-order valence-electron chi connectivity index (χ0n) is 14.2. The lowest BCUT2D eigenvalue weighted by molar-refractivity contribution is -0.130. The fourth-order valence-electron chi connectivity index (χ4n) is 2.85. The molecule has 130 valence electrons. The van der Waals surface area contributed by atoms with Crippen molar-refractivity contribution in [1.29, 1.82) is 0 Å². The molecule has 0 saturated carbocycles. The van der Waals surface area contributed by atoms with Crippen molar-refractivity contribution in [3.63, 3.8) is 0 Å². The molecular weight excluding hydrogens is 322 g/mol. The molecule has 0 spiro atoms. The third-order valence-corrected chi connectivity index (χ3v) is 4.15. The van der Waals surface area contributed by atoms with Gasteiger partial charge in [-0.05, 0) is 25.5 Å². The first-order chi connectivity index (χ1) is 12.0. The molecule has 1 aromatic heterocycles. The molecular formula is C18H19N3O4. The highest BCUT2D eigenvalue weighted by Crippen LogP contribution is 2.22. The Morgan fingerprint density at radius 1 is 1.20 bits per heavy atom. The maximum absolute atomic E-state index is 12.3. The first-order valence-corrected chi connectivity index (χ1v) is 8.08. The van der Waals surface area contributed by atoms with Crippen molar-refractivity contribution in [2.45, 2.75) is 26.3 Å². The highest BCUT2D eigenvalue weighted by Gasteiger charge is 2.34. The quantitative estimate of drug-likeness (QED) is 0.751. The number of fused-ring (bicyclic) bond motifs is 1. The molecule has 0 aliphatic carbocycles. The number of aromatic nitrogens is 1. The van der Waals surface area contributed by atoms with Crippen LogP contribution in [-0.2, 0) is 11.3 Å². The van der Waals surface area contributed by atoms with Crippen molar-refractivity contribution in [2.24, 2.45) is 0 Å². The summed E-state index contributed by atoms with van der Waals surface area (Å²) in [5.41, 5.74) is 1.54. The van der Waals surface area contributed by atoms with Crippen LogP contribution in [0.1, 0.15) is 45.0 Å². The second-order valence-corrected chi connectivity index (χ2v) is 6.09. The summed E-state index contributed by atoms with van der Waals surface area (Å²) in [6.45, 7) is 2.39. The molecule has 2 aromatic rings. The summed E-state index contributed by atoms with van der Waals surface area (Å²) in [5.74, 6) is 0.0395. The monoisotopic (exact) mass is 341 g/mol. The van der Waals surface area contributed by atoms with Crippen LogP contribution in [0.5, 0.6) is 0 Å². The maximum Gasteiger partial charge on any atom is 0.261 e. The molecule has 7 nitrogen and oxygen atoms in total. The van der Waals surface area contributed by atoms with Gasteiger partial charge < -0.3 is 9.42 Å². The number of imide groups is 1. The van der Waals surface area contributed by atoms with Crippen LogP contribution in [0.2, 0.25) is 0 Å². The van der Waals surface area contributed by atoms with Crippen molar-refractivity contribution < 1.29 is 18.9 Å². The summed E-state index contributed by atoms with van der Waals surface area (Å²) in [6, 6.07) is 8.54. The number of hydrogen-bond acceptors (Lipinski definition) is 5. The molecule has 0 saturated heterocycles. The molecule has 25 heavy (non-hydrogen) atoms. The molecule has 0 bridgehead atoms. The van der Waals surface area contributed by atoms with Gasteiger partial charge in [-0.2, -0.15) is 0 Å². The SMILES string of the molecule is Cc1cc(CN(C)C(=O)CCCN2C(=O)c3ccccc3C2=O)no1. The van der Waals surface area contributed by atoms with Crippen LogP contribution in [0.4, 0.5) is 0 Å². The van der Waals surface area contributed by atoms with E-state index in [1.54, 1.807) is 49.2 Å². The smallest absolute Gasteiger partial charge is 0.261 e. The van der Waals surface area contributed by atoms with Gasteiger partial charge in [0.2, 0.25) is 5.91 Å². The van der Waals surface area contributed by atoms with E-state index in [2.05, 4.69) is 5.16 Å². The van der Waals surface area contributed by atoms with E-state index in [4.69, 9.17) is 4.52 Å². The van der Waals surface area contributed by atoms with Gasteiger partial charge in [0.05, 0.1) is 17.7 Å². The summed E-state index contributed by atoms with van der Waals surface area (Å²) in [4.78, 5) is 39.5. The van der Waals surface area contributed by atoms with Crippen molar-refractivity contribution in [1.82, 2.24) is 15.0 Å². The Hall–Kier alpha value is -2.96. The van der Waals surface area contributed by atoms with Gasteiger partial charge in [-0.15, -0.1) is 0 Å². The molecule has 1 aliphatic heterocycles. The maximum atomic E-state index is 12.3. The summed E-state index contributed by atoms with van der Waals surface area (Å²) in [6.07, 6.45) is 0.674. The molecule has 2 heterocycles. The van der Waals surface area contributed by atoms with Crippen molar-refractivity contribution in [2.75, 3.05) is 13.6 Å². The van der Waals surface area contributed by atoms with Crippen LogP contribution in [-0.4, -0.2) is 46.3 Å². The predicted octanol–water partition coefficient (Wildman–Crippen LogP) is 2.02.